The number of benzene rings is 1. The number of halogens is 1. The molecular formula is C15H24ClN5O3S. The Kier molecular flexibility index (Phi) is 7.50. The Labute approximate surface area is 154 Å². The number of guanidine groups is 1. The zero-order valence-electron chi connectivity index (χ0n) is 14.2. The van der Waals surface area contributed by atoms with Crippen molar-refractivity contribution in [3.05, 3.63) is 24.3 Å². The molecule has 1 aliphatic rings. The van der Waals surface area contributed by atoms with Gasteiger partial charge in [0.2, 0.25) is 21.9 Å². The van der Waals surface area contributed by atoms with Crippen molar-refractivity contribution in [1.82, 2.24) is 9.62 Å². The first kappa shape index (κ1) is 21.0. The number of anilines is 2. The second-order valence-electron chi connectivity index (χ2n) is 5.85. The molecule has 1 atom stereocenters. The number of nitrogens with zero attached hydrogens (tertiary/aromatic N) is 1. The van der Waals surface area contributed by atoms with Crippen LogP contribution >= 0.6 is 12.4 Å². The molecule has 0 aromatic heterocycles. The molecule has 0 saturated carbocycles. The van der Waals surface area contributed by atoms with Gasteiger partial charge in [-0.05, 0) is 44.0 Å². The number of sulfonamides is 1. The second-order valence-corrected chi connectivity index (χ2v) is 7.60. The first-order chi connectivity index (χ1) is 11.2. The Hall–Kier alpha value is -2.00. The smallest absolute Gasteiger partial charge is 0.244 e. The summed E-state index contributed by atoms with van der Waals surface area (Å²) in [6.07, 6.45) is 3.10. The topological polar surface area (TPSA) is 114 Å². The van der Waals surface area contributed by atoms with E-state index < -0.39 is 10.0 Å². The molecule has 25 heavy (non-hydrogen) atoms. The molecule has 2 rings (SSSR count). The maximum Gasteiger partial charge on any atom is 0.244 e. The van der Waals surface area contributed by atoms with Crippen LogP contribution in [0.5, 0.6) is 0 Å². The summed E-state index contributed by atoms with van der Waals surface area (Å²) in [4.78, 5) is 14.1. The average Bonchev–Trinajstić information content (AvgIpc) is 3.00. The lowest BCUT2D eigenvalue weighted by Crippen LogP contribution is -2.39. The SMILES string of the molecule is CC(Nc1ccc(NC(=N)NS(C)(=O)=O)cc1)C(=O)N1CCCC1.Cl. The van der Waals surface area contributed by atoms with Crippen LogP contribution in [-0.4, -0.2) is 50.6 Å². The van der Waals surface area contributed by atoms with Crippen molar-refractivity contribution in [2.75, 3.05) is 30.0 Å². The highest BCUT2D eigenvalue weighted by Gasteiger charge is 2.22. The van der Waals surface area contributed by atoms with Gasteiger partial charge in [-0.2, -0.15) is 0 Å². The summed E-state index contributed by atoms with van der Waals surface area (Å²) in [5.74, 6) is -0.232. The second kappa shape index (κ2) is 8.91. The number of hydrogen-bond acceptors (Lipinski definition) is 5. The number of likely N-dealkylation sites (tertiary alicyclic amines) is 1. The molecule has 0 bridgehead atoms. The zero-order valence-corrected chi connectivity index (χ0v) is 15.8. The van der Waals surface area contributed by atoms with E-state index in [1.807, 2.05) is 16.5 Å². The number of carbonyl (C=O) groups is 1. The summed E-state index contributed by atoms with van der Waals surface area (Å²) in [7, 11) is -3.48. The molecule has 1 fully saturated rings. The van der Waals surface area contributed by atoms with Gasteiger partial charge in [0.05, 0.1) is 6.26 Å². The van der Waals surface area contributed by atoms with Gasteiger partial charge >= 0.3 is 0 Å². The van der Waals surface area contributed by atoms with Gasteiger partial charge in [-0.15, -0.1) is 12.4 Å². The number of rotatable bonds is 5. The Morgan fingerprint density at radius 3 is 2.20 bits per heavy atom. The molecule has 140 valence electrons. The van der Waals surface area contributed by atoms with Gasteiger partial charge in [0, 0.05) is 24.5 Å². The Bertz CT molecular complexity index is 702. The fourth-order valence-electron chi connectivity index (χ4n) is 2.53. The highest BCUT2D eigenvalue weighted by Crippen LogP contribution is 2.16. The van der Waals surface area contributed by atoms with Crippen molar-refractivity contribution in [2.24, 2.45) is 0 Å². The van der Waals surface area contributed by atoms with Crippen LogP contribution in [0.25, 0.3) is 0 Å². The van der Waals surface area contributed by atoms with Crippen molar-refractivity contribution >= 4 is 45.7 Å². The van der Waals surface area contributed by atoms with Crippen molar-refractivity contribution in [1.29, 1.82) is 5.41 Å². The predicted molar refractivity (Wildman–Crippen MR) is 102 cm³/mol. The Morgan fingerprint density at radius 2 is 1.68 bits per heavy atom. The van der Waals surface area contributed by atoms with Crippen molar-refractivity contribution in [2.45, 2.75) is 25.8 Å². The minimum Gasteiger partial charge on any atom is -0.374 e. The van der Waals surface area contributed by atoms with E-state index in [1.54, 1.807) is 24.3 Å². The molecule has 1 aromatic rings. The van der Waals surface area contributed by atoms with E-state index in [1.165, 1.54) is 0 Å². The van der Waals surface area contributed by atoms with E-state index >= 15 is 0 Å². The molecule has 0 aliphatic carbocycles. The largest absolute Gasteiger partial charge is 0.374 e. The Morgan fingerprint density at radius 1 is 1.16 bits per heavy atom. The van der Waals surface area contributed by atoms with Crippen LogP contribution in [0.3, 0.4) is 0 Å². The highest BCUT2D eigenvalue weighted by atomic mass is 35.5. The quantitative estimate of drug-likeness (QED) is 0.449. The molecule has 0 spiro atoms. The maximum atomic E-state index is 12.3. The molecule has 4 N–H and O–H groups in total. The van der Waals surface area contributed by atoms with Gasteiger partial charge in [0.25, 0.3) is 0 Å². The van der Waals surface area contributed by atoms with E-state index in [-0.39, 0.29) is 30.3 Å². The minimum absolute atomic E-state index is 0. The molecule has 10 heteroatoms. The van der Waals surface area contributed by atoms with Crippen LogP contribution in [0.1, 0.15) is 19.8 Å². The fraction of sp³-hybridized carbons (Fsp3) is 0.467. The van der Waals surface area contributed by atoms with Gasteiger partial charge in [-0.1, -0.05) is 0 Å². The van der Waals surface area contributed by atoms with Crippen LogP contribution in [0.4, 0.5) is 11.4 Å². The minimum atomic E-state index is -3.48. The van der Waals surface area contributed by atoms with E-state index in [2.05, 4.69) is 10.6 Å². The summed E-state index contributed by atoms with van der Waals surface area (Å²) in [5, 5.41) is 13.3. The van der Waals surface area contributed by atoms with Crippen LogP contribution in [0.15, 0.2) is 24.3 Å². The molecule has 1 unspecified atom stereocenters. The molecule has 1 aliphatic heterocycles. The molecule has 1 heterocycles. The van der Waals surface area contributed by atoms with Gasteiger partial charge < -0.3 is 15.5 Å². The number of amides is 1. The van der Waals surface area contributed by atoms with Gasteiger partial charge in [0.15, 0.2) is 0 Å². The monoisotopic (exact) mass is 389 g/mol. The van der Waals surface area contributed by atoms with Gasteiger partial charge in [0.1, 0.15) is 6.04 Å². The number of hydrogen-bond donors (Lipinski definition) is 4. The van der Waals surface area contributed by atoms with Crippen LogP contribution in [-0.2, 0) is 14.8 Å². The van der Waals surface area contributed by atoms with Crippen LogP contribution in [0, 0.1) is 5.41 Å². The van der Waals surface area contributed by atoms with Gasteiger partial charge in [-0.3, -0.25) is 14.9 Å². The summed E-state index contributed by atoms with van der Waals surface area (Å²) in [6, 6.07) is 6.63. The lowest BCUT2D eigenvalue weighted by atomic mass is 10.2. The van der Waals surface area contributed by atoms with Gasteiger partial charge in [-0.25, -0.2) is 8.42 Å². The molecule has 0 radical (unpaired) electrons. The maximum absolute atomic E-state index is 12.3. The summed E-state index contributed by atoms with van der Waals surface area (Å²) < 4.78 is 24.1. The number of carbonyl (C=O) groups excluding carboxylic acids is 1. The highest BCUT2D eigenvalue weighted by molar-refractivity contribution is 7.89. The third-order valence-electron chi connectivity index (χ3n) is 3.61. The first-order valence-electron chi connectivity index (χ1n) is 7.73. The van der Waals surface area contributed by atoms with E-state index in [0.29, 0.717) is 5.69 Å². The third kappa shape index (κ3) is 6.79. The summed E-state index contributed by atoms with van der Waals surface area (Å²) in [6.45, 7) is 3.48. The van der Waals surface area contributed by atoms with Crippen molar-refractivity contribution in [3.8, 4) is 0 Å². The normalized spacial score (nSPS) is 15.0. The lowest BCUT2D eigenvalue weighted by Gasteiger charge is -2.22. The summed E-state index contributed by atoms with van der Waals surface area (Å²) in [5.41, 5.74) is 1.35. The molecular weight excluding hydrogens is 366 g/mol. The van der Waals surface area contributed by atoms with E-state index in [9.17, 15) is 13.2 Å². The zero-order chi connectivity index (χ0) is 17.7. The van der Waals surface area contributed by atoms with E-state index in [0.717, 1.165) is 37.9 Å². The Balaban J connectivity index is 0.00000312. The fourth-order valence-corrected chi connectivity index (χ4v) is 2.95. The molecule has 8 nitrogen and oxygen atoms in total. The van der Waals surface area contributed by atoms with Crippen LogP contribution in [0.2, 0.25) is 0 Å². The summed E-state index contributed by atoms with van der Waals surface area (Å²) >= 11 is 0. The molecule has 1 saturated heterocycles. The van der Waals surface area contributed by atoms with Crippen molar-refractivity contribution < 1.29 is 13.2 Å². The first-order valence-corrected chi connectivity index (χ1v) is 9.62. The lowest BCUT2D eigenvalue weighted by molar-refractivity contribution is -0.130. The third-order valence-corrected chi connectivity index (χ3v) is 4.19. The van der Waals surface area contributed by atoms with Crippen molar-refractivity contribution in [3.63, 3.8) is 0 Å². The van der Waals surface area contributed by atoms with Crippen LogP contribution < -0.4 is 15.4 Å². The molecule has 1 aromatic carbocycles. The predicted octanol–water partition coefficient (Wildman–Crippen LogP) is 1.43. The van der Waals surface area contributed by atoms with E-state index in [4.69, 9.17) is 5.41 Å². The molecule has 1 amide bonds. The standard InChI is InChI=1S/C15H23N5O3S.ClH/c1-11(14(21)20-9-3-4-10-20)17-12-5-7-13(8-6-12)18-15(16)19-24(2,22)23;/h5-8,11,17H,3-4,9-10H2,1-2H3,(H3,16,18,19);1H. The number of nitrogens with one attached hydrogen (secondary N) is 4. The average molecular weight is 390 g/mol.